The molecule has 2 rings (SSSR count). The maximum Gasteiger partial charge on any atom is 0.261 e. The van der Waals surface area contributed by atoms with Crippen LogP contribution in [0.2, 0.25) is 0 Å². The molecule has 3 N–H and O–H groups in total. The summed E-state index contributed by atoms with van der Waals surface area (Å²) in [4.78, 5) is 26.7. The number of carbonyl (C=O) groups excluding carboxylic acids is 2. The maximum atomic E-state index is 12.4. The summed E-state index contributed by atoms with van der Waals surface area (Å²) in [6, 6.07) is 13.3. The molecule has 0 aliphatic carbocycles. The zero-order chi connectivity index (χ0) is 16.5. The van der Waals surface area contributed by atoms with E-state index in [0.29, 0.717) is 24.5 Å². The van der Waals surface area contributed by atoms with Gasteiger partial charge in [0.2, 0.25) is 5.91 Å². The first-order chi connectivity index (χ1) is 11.2. The lowest BCUT2D eigenvalue weighted by Gasteiger charge is -2.23. The number of hydrogen-bond donors (Lipinski definition) is 2. The number of hydrogen-bond acceptors (Lipinski definition) is 4. The summed E-state index contributed by atoms with van der Waals surface area (Å²) in [6.07, 6.45) is 0.734. The van der Waals surface area contributed by atoms with Crippen LogP contribution in [0.15, 0.2) is 47.8 Å². The van der Waals surface area contributed by atoms with Gasteiger partial charge in [0.1, 0.15) is 0 Å². The van der Waals surface area contributed by atoms with Gasteiger partial charge in [0.25, 0.3) is 5.91 Å². The molecule has 7 heteroatoms. The van der Waals surface area contributed by atoms with Crippen molar-refractivity contribution in [2.24, 2.45) is 5.73 Å². The summed E-state index contributed by atoms with van der Waals surface area (Å²) < 4.78 is 0. The van der Waals surface area contributed by atoms with Gasteiger partial charge < -0.3 is 16.0 Å². The molecule has 5 nitrogen and oxygen atoms in total. The van der Waals surface area contributed by atoms with Crippen molar-refractivity contribution in [2.45, 2.75) is 13.0 Å². The highest BCUT2D eigenvalue weighted by Gasteiger charge is 2.15. The quantitative estimate of drug-likeness (QED) is 0.751. The average Bonchev–Trinajstić information content (AvgIpc) is 3.11. The SMILES string of the molecule is Cl.NCCCN(Cc1ccccc1)C(=O)CNC(=O)c1cccs1. The van der Waals surface area contributed by atoms with Crippen LogP contribution in [-0.2, 0) is 11.3 Å². The van der Waals surface area contributed by atoms with E-state index in [2.05, 4.69) is 5.32 Å². The van der Waals surface area contributed by atoms with Crippen LogP contribution in [0, 0.1) is 0 Å². The number of nitrogens with zero attached hydrogens (tertiary/aromatic N) is 1. The Morgan fingerprint density at radius 3 is 2.50 bits per heavy atom. The zero-order valence-electron chi connectivity index (χ0n) is 13.3. The van der Waals surface area contributed by atoms with Gasteiger partial charge >= 0.3 is 0 Å². The normalized spacial score (nSPS) is 9.88. The van der Waals surface area contributed by atoms with Crippen molar-refractivity contribution in [3.8, 4) is 0 Å². The summed E-state index contributed by atoms with van der Waals surface area (Å²) in [5.41, 5.74) is 6.61. The van der Waals surface area contributed by atoms with Crippen molar-refractivity contribution in [1.82, 2.24) is 10.2 Å². The van der Waals surface area contributed by atoms with Gasteiger partial charge in [-0.15, -0.1) is 23.7 Å². The molecule has 2 amide bonds. The number of nitrogens with two attached hydrogens (primary N) is 1. The van der Waals surface area contributed by atoms with Gasteiger partial charge in [-0.1, -0.05) is 36.4 Å². The van der Waals surface area contributed by atoms with Gasteiger partial charge in [0, 0.05) is 13.1 Å². The molecule has 0 saturated heterocycles. The zero-order valence-corrected chi connectivity index (χ0v) is 14.9. The van der Waals surface area contributed by atoms with Crippen LogP contribution in [0.3, 0.4) is 0 Å². The summed E-state index contributed by atoms with van der Waals surface area (Å²) in [5.74, 6) is -0.320. The molecule has 0 saturated carbocycles. The van der Waals surface area contributed by atoms with E-state index >= 15 is 0 Å². The molecule has 130 valence electrons. The van der Waals surface area contributed by atoms with Crippen LogP contribution in [0.5, 0.6) is 0 Å². The average molecular weight is 368 g/mol. The predicted octanol–water partition coefficient (Wildman–Crippen LogP) is 2.28. The highest BCUT2D eigenvalue weighted by molar-refractivity contribution is 7.12. The van der Waals surface area contributed by atoms with E-state index in [9.17, 15) is 9.59 Å². The molecule has 0 bridgehead atoms. The molecule has 24 heavy (non-hydrogen) atoms. The highest BCUT2D eigenvalue weighted by Crippen LogP contribution is 2.08. The third-order valence-corrected chi connectivity index (χ3v) is 4.21. The Labute approximate surface area is 152 Å². The number of nitrogens with one attached hydrogen (secondary N) is 1. The van der Waals surface area contributed by atoms with Gasteiger partial charge in [-0.2, -0.15) is 0 Å². The first kappa shape index (κ1) is 20.2. The Balaban J connectivity index is 0.00000288. The number of benzene rings is 1. The molecular formula is C17H22ClN3O2S. The summed E-state index contributed by atoms with van der Waals surface area (Å²) >= 11 is 1.35. The van der Waals surface area contributed by atoms with Gasteiger partial charge in [0.15, 0.2) is 0 Å². The van der Waals surface area contributed by atoms with Crippen molar-refractivity contribution in [3.63, 3.8) is 0 Å². The highest BCUT2D eigenvalue weighted by atomic mass is 35.5. The van der Waals surface area contributed by atoms with Crippen LogP contribution in [0.1, 0.15) is 21.7 Å². The van der Waals surface area contributed by atoms with Crippen molar-refractivity contribution >= 4 is 35.6 Å². The minimum absolute atomic E-state index is 0. The number of halogens is 1. The molecule has 0 radical (unpaired) electrons. The number of thiophene rings is 1. The molecule has 0 spiro atoms. The fourth-order valence-electron chi connectivity index (χ4n) is 2.14. The molecule has 0 atom stereocenters. The van der Waals surface area contributed by atoms with Gasteiger partial charge in [-0.25, -0.2) is 0 Å². The third kappa shape index (κ3) is 6.31. The molecule has 0 fully saturated rings. The van der Waals surface area contributed by atoms with E-state index in [1.165, 1.54) is 11.3 Å². The van der Waals surface area contributed by atoms with E-state index in [0.717, 1.165) is 12.0 Å². The van der Waals surface area contributed by atoms with Crippen molar-refractivity contribution in [1.29, 1.82) is 0 Å². The first-order valence-electron chi connectivity index (χ1n) is 7.54. The minimum Gasteiger partial charge on any atom is -0.342 e. The Kier molecular flexibility index (Phi) is 9.07. The lowest BCUT2D eigenvalue weighted by molar-refractivity contribution is -0.130. The van der Waals surface area contributed by atoms with Crippen LogP contribution in [-0.4, -0.2) is 36.3 Å². The fraction of sp³-hybridized carbons (Fsp3) is 0.294. The van der Waals surface area contributed by atoms with Crippen LogP contribution >= 0.6 is 23.7 Å². The molecule has 0 aliphatic heterocycles. The van der Waals surface area contributed by atoms with Gasteiger partial charge in [-0.05, 0) is 30.0 Å². The summed E-state index contributed by atoms with van der Waals surface area (Å²) in [7, 11) is 0. The standard InChI is InChI=1S/C17H21N3O2S.ClH/c18-9-5-10-20(13-14-6-2-1-3-7-14)16(21)12-19-17(22)15-8-4-11-23-15;/h1-4,6-8,11H,5,9-10,12-13,18H2,(H,19,22);1H. The minimum atomic E-state index is -0.216. The maximum absolute atomic E-state index is 12.4. The smallest absolute Gasteiger partial charge is 0.261 e. The van der Waals surface area contributed by atoms with Gasteiger partial charge in [-0.3, -0.25) is 9.59 Å². The molecule has 0 unspecified atom stereocenters. The third-order valence-electron chi connectivity index (χ3n) is 3.35. The molecule has 1 aromatic heterocycles. The second-order valence-electron chi connectivity index (χ2n) is 5.10. The monoisotopic (exact) mass is 367 g/mol. The number of rotatable bonds is 8. The second-order valence-corrected chi connectivity index (χ2v) is 6.05. The van der Waals surface area contributed by atoms with E-state index < -0.39 is 0 Å². The largest absolute Gasteiger partial charge is 0.342 e. The van der Waals surface area contributed by atoms with E-state index in [1.54, 1.807) is 11.0 Å². The number of carbonyl (C=O) groups is 2. The summed E-state index contributed by atoms with van der Waals surface area (Å²) in [6.45, 7) is 1.63. The topological polar surface area (TPSA) is 75.4 Å². The van der Waals surface area contributed by atoms with E-state index in [4.69, 9.17) is 5.73 Å². The van der Waals surface area contributed by atoms with Crippen molar-refractivity contribution < 1.29 is 9.59 Å². The van der Waals surface area contributed by atoms with Crippen LogP contribution in [0.4, 0.5) is 0 Å². The van der Waals surface area contributed by atoms with Crippen molar-refractivity contribution in [3.05, 3.63) is 58.3 Å². The first-order valence-corrected chi connectivity index (χ1v) is 8.42. The second kappa shape index (κ2) is 10.8. The Morgan fingerprint density at radius 1 is 1.12 bits per heavy atom. The van der Waals surface area contributed by atoms with Crippen LogP contribution in [0.25, 0.3) is 0 Å². The molecule has 1 heterocycles. The lowest BCUT2D eigenvalue weighted by atomic mass is 10.2. The van der Waals surface area contributed by atoms with Crippen molar-refractivity contribution in [2.75, 3.05) is 19.6 Å². The van der Waals surface area contributed by atoms with Crippen LogP contribution < -0.4 is 11.1 Å². The molecular weight excluding hydrogens is 346 g/mol. The van der Waals surface area contributed by atoms with E-state index in [-0.39, 0.29) is 30.8 Å². The fourth-order valence-corrected chi connectivity index (χ4v) is 2.78. The predicted molar refractivity (Wildman–Crippen MR) is 99.4 cm³/mol. The van der Waals surface area contributed by atoms with E-state index in [1.807, 2.05) is 41.8 Å². The Hall–Kier alpha value is -1.89. The number of amides is 2. The molecule has 1 aromatic carbocycles. The lowest BCUT2D eigenvalue weighted by Crippen LogP contribution is -2.40. The molecule has 2 aromatic rings. The van der Waals surface area contributed by atoms with Gasteiger partial charge in [0.05, 0.1) is 11.4 Å². The Morgan fingerprint density at radius 2 is 1.88 bits per heavy atom. The Bertz CT molecular complexity index is 620. The molecule has 0 aliphatic rings. The summed E-state index contributed by atoms with van der Waals surface area (Å²) in [5, 5.41) is 4.51.